The van der Waals surface area contributed by atoms with E-state index in [1.54, 1.807) is 0 Å². The third-order valence-corrected chi connectivity index (χ3v) is 7.33. The maximum atomic E-state index is 13.7. The van der Waals surface area contributed by atoms with E-state index in [2.05, 4.69) is 0 Å². The van der Waals surface area contributed by atoms with E-state index in [9.17, 15) is 61.0 Å². The summed E-state index contributed by atoms with van der Waals surface area (Å²) in [6.45, 7) is -1.53. The summed E-state index contributed by atoms with van der Waals surface area (Å²) in [6.07, 6.45) is -17.0. The first-order valence-electron chi connectivity index (χ1n) is 13.2. The second-order valence-corrected chi connectivity index (χ2v) is 10.2. The molecule has 2 aliphatic rings. The Morgan fingerprint density at radius 2 is 1.23 bits per heavy atom. The van der Waals surface area contributed by atoms with Crippen LogP contribution in [0.1, 0.15) is 0 Å². The van der Waals surface area contributed by atoms with Crippen LogP contribution in [-0.2, 0) is 9.47 Å². The molecule has 240 valence electrons. The molecule has 2 fully saturated rings. The monoisotopic (exact) mass is 626 g/mol. The standard InChI is InChI=1S/C27H30O17/c28-6-14-17(33)20(36)22(38)26(42-14)40-9-4-12(32)16-13(5-9)41-24(8-1-2-10(30)11(31)3-8)25(19(16)35)44-27-23(39)21(37)18(34)15(7-29)43-27/h1-5,14-15,17-18,20-23,26-34,36-39H,6-7H2/t14?,15?,17-,18+,20+,21?,22?,23?,26-,27+/m1/s1. The molecule has 5 rings (SSSR count). The molecule has 10 atom stereocenters. The van der Waals surface area contributed by atoms with Crippen molar-refractivity contribution >= 4 is 11.0 Å². The van der Waals surface area contributed by atoms with Gasteiger partial charge in [0.05, 0.1) is 13.2 Å². The van der Waals surface area contributed by atoms with E-state index in [4.69, 9.17) is 23.4 Å². The van der Waals surface area contributed by atoms with Crippen LogP contribution in [0.4, 0.5) is 0 Å². The zero-order chi connectivity index (χ0) is 32.0. The molecule has 44 heavy (non-hydrogen) atoms. The molecule has 2 saturated heterocycles. The zero-order valence-corrected chi connectivity index (χ0v) is 22.4. The van der Waals surface area contributed by atoms with E-state index >= 15 is 0 Å². The number of fused-ring (bicyclic) bond motifs is 1. The minimum absolute atomic E-state index is 0.0707. The second-order valence-electron chi connectivity index (χ2n) is 10.2. The summed E-state index contributed by atoms with van der Waals surface area (Å²) in [6, 6.07) is 5.27. The lowest BCUT2D eigenvalue weighted by molar-refractivity contribution is -0.277. The lowest BCUT2D eigenvalue weighted by Crippen LogP contribution is -2.60. The molecule has 17 heteroatoms. The molecule has 1 aromatic heterocycles. The van der Waals surface area contributed by atoms with Crippen LogP contribution in [0.3, 0.4) is 0 Å². The lowest BCUT2D eigenvalue weighted by Gasteiger charge is -2.39. The average molecular weight is 627 g/mol. The van der Waals surface area contributed by atoms with E-state index in [1.165, 1.54) is 6.07 Å². The molecule has 0 amide bonds. The van der Waals surface area contributed by atoms with Crippen LogP contribution >= 0.6 is 0 Å². The summed E-state index contributed by atoms with van der Waals surface area (Å²) >= 11 is 0. The van der Waals surface area contributed by atoms with Crippen molar-refractivity contribution in [2.24, 2.45) is 0 Å². The molecule has 2 aliphatic heterocycles. The predicted molar refractivity (Wildman–Crippen MR) is 142 cm³/mol. The molecular formula is C27H30O17. The molecule has 3 aromatic rings. The highest BCUT2D eigenvalue weighted by molar-refractivity contribution is 5.88. The SMILES string of the molecule is O=c1c(O[C@@H]2OC(CO)[C@H](O)C(O)C2O)c(-c2ccc(O)c(O)c2)oc2cc(O[C@@H]3OC(CO)[C@@H](O)[C@H](O)C3O)cc(O)c12. The van der Waals surface area contributed by atoms with Crippen molar-refractivity contribution < 1.29 is 79.5 Å². The molecule has 17 nitrogen and oxygen atoms in total. The van der Waals surface area contributed by atoms with Gasteiger partial charge in [0.15, 0.2) is 17.3 Å². The van der Waals surface area contributed by atoms with Crippen molar-refractivity contribution in [2.75, 3.05) is 13.2 Å². The Labute approximate surface area is 246 Å². The minimum atomic E-state index is -1.94. The number of benzene rings is 2. The van der Waals surface area contributed by atoms with Crippen LogP contribution < -0.4 is 14.9 Å². The average Bonchev–Trinajstić information content (AvgIpc) is 2.99. The van der Waals surface area contributed by atoms with Gasteiger partial charge in [-0.1, -0.05) is 0 Å². The van der Waals surface area contributed by atoms with Crippen LogP contribution in [-0.4, -0.2) is 131 Å². The summed E-state index contributed by atoms with van der Waals surface area (Å²) in [7, 11) is 0. The number of aromatic hydroxyl groups is 3. The lowest BCUT2D eigenvalue weighted by atomic mass is 9.99. The number of aliphatic hydroxyl groups is 8. The largest absolute Gasteiger partial charge is 0.507 e. The Morgan fingerprint density at radius 3 is 1.77 bits per heavy atom. The Kier molecular flexibility index (Phi) is 8.87. The normalized spacial score (nSPS) is 32.5. The third kappa shape index (κ3) is 5.61. The van der Waals surface area contributed by atoms with Gasteiger partial charge >= 0.3 is 0 Å². The molecule has 0 spiro atoms. The number of aliphatic hydroxyl groups excluding tert-OH is 8. The fourth-order valence-corrected chi connectivity index (χ4v) is 4.87. The van der Waals surface area contributed by atoms with Gasteiger partial charge in [-0.2, -0.15) is 0 Å². The molecule has 0 radical (unpaired) electrons. The van der Waals surface area contributed by atoms with E-state index in [0.717, 1.165) is 24.3 Å². The Morgan fingerprint density at radius 1 is 0.659 bits per heavy atom. The number of rotatable bonds is 7. The Bertz CT molecular complexity index is 1550. The van der Waals surface area contributed by atoms with Gasteiger partial charge in [0.1, 0.15) is 71.3 Å². The Hall–Kier alpha value is -3.75. The molecule has 11 N–H and O–H groups in total. The highest BCUT2D eigenvalue weighted by Gasteiger charge is 2.46. The fraction of sp³-hybridized carbons (Fsp3) is 0.444. The topological polar surface area (TPSA) is 290 Å². The maximum absolute atomic E-state index is 13.7. The van der Waals surface area contributed by atoms with Gasteiger partial charge in [-0.15, -0.1) is 0 Å². The summed E-state index contributed by atoms with van der Waals surface area (Å²) in [5.74, 6) is -3.35. The number of phenols is 3. The number of hydrogen-bond donors (Lipinski definition) is 11. The van der Waals surface area contributed by atoms with E-state index in [0.29, 0.717) is 0 Å². The quantitative estimate of drug-likeness (QED) is 0.116. The predicted octanol–water partition coefficient (Wildman–Crippen LogP) is -3.07. The second kappa shape index (κ2) is 12.3. The molecular weight excluding hydrogens is 596 g/mol. The van der Waals surface area contributed by atoms with E-state index < -0.39 is 114 Å². The molecule has 2 aromatic carbocycles. The van der Waals surface area contributed by atoms with Crippen molar-refractivity contribution in [3.63, 3.8) is 0 Å². The number of phenolic OH excluding ortho intramolecular Hbond substituents is 3. The molecule has 0 aliphatic carbocycles. The van der Waals surface area contributed by atoms with Crippen LogP contribution in [0.25, 0.3) is 22.3 Å². The van der Waals surface area contributed by atoms with E-state index in [-0.39, 0.29) is 16.9 Å². The first-order chi connectivity index (χ1) is 20.9. The van der Waals surface area contributed by atoms with Crippen LogP contribution in [0.15, 0.2) is 39.5 Å². The summed E-state index contributed by atoms with van der Waals surface area (Å²) < 4.78 is 27.6. The number of hydrogen-bond acceptors (Lipinski definition) is 17. The third-order valence-electron chi connectivity index (χ3n) is 7.33. The highest BCUT2D eigenvalue weighted by Crippen LogP contribution is 2.40. The van der Waals surface area contributed by atoms with Crippen LogP contribution in [0.2, 0.25) is 0 Å². The molecule has 0 saturated carbocycles. The summed E-state index contributed by atoms with van der Waals surface area (Å²) in [5.41, 5.74) is -1.50. The summed E-state index contributed by atoms with van der Waals surface area (Å²) in [4.78, 5) is 13.7. The van der Waals surface area contributed by atoms with Crippen LogP contribution in [0, 0.1) is 0 Å². The number of ether oxygens (including phenoxy) is 4. The van der Waals surface area contributed by atoms with E-state index in [1.807, 2.05) is 0 Å². The van der Waals surface area contributed by atoms with Gasteiger partial charge in [0, 0.05) is 17.7 Å². The molecule has 3 heterocycles. The smallest absolute Gasteiger partial charge is 0.239 e. The molecule has 5 unspecified atom stereocenters. The first kappa shape index (κ1) is 31.7. The van der Waals surface area contributed by atoms with Gasteiger partial charge in [0.25, 0.3) is 0 Å². The first-order valence-corrected chi connectivity index (χ1v) is 13.2. The Balaban J connectivity index is 1.60. The van der Waals surface area contributed by atoms with Gasteiger partial charge in [-0.3, -0.25) is 4.79 Å². The van der Waals surface area contributed by atoms with Gasteiger partial charge < -0.3 is 79.5 Å². The van der Waals surface area contributed by atoms with Crippen molar-refractivity contribution in [3.05, 3.63) is 40.6 Å². The zero-order valence-electron chi connectivity index (χ0n) is 22.4. The fourth-order valence-electron chi connectivity index (χ4n) is 4.87. The van der Waals surface area contributed by atoms with Gasteiger partial charge in [-0.25, -0.2) is 0 Å². The minimum Gasteiger partial charge on any atom is -0.507 e. The van der Waals surface area contributed by atoms with Gasteiger partial charge in [0.2, 0.25) is 23.8 Å². The van der Waals surface area contributed by atoms with Crippen molar-refractivity contribution in [2.45, 2.75) is 61.4 Å². The highest BCUT2D eigenvalue weighted by atomic mass is 16.7. The summed E-state index contributed by atoms with van der Waals surface area (Å²) in [5, 5.41) is 110. The maximum Gasteiger partial charge on any atom is 0.239 e. The van der Waals surface area contributed by atoms with Crippen molar-refractivity contribution in [1.29, 1.82) is 0 Å². The van der Waals surface area contributed by atoms with Crippen LogP contribution in [0.5, 0.6) is 28.7 Å². The molecule has 0 bridgehead atoms. The van der Waals surface area contributed by atoms with Gasteiger partial charge in [-0.05, 0) is 18.2 Å². The van der Waals surface area contributed by atoms with Crippen molar-refractivity contribution in [1.82, 2.24) is 0 Å². The van der Waals surface area contributed by atoms with Crippen molar-refractivity contribution in [3.8, 4) is 40.1 Å².